The van der Waals surface area contributed by atoms with E-state index in [1.807, 2.05) is 36.4 Å². The van der Waals surface area contributed by atoms with Crippen LogP contribution in [0.3, 0.4) is 0 Å². The molecule has 5 rings (SSSR count). The molecule has 1 radical (unpaired) electrons. The van der Waals surface area contributed by atoms with Gasteiger partial charge in [-0.1, -0.05) is 78.4 Å². The third kappa shape index (κ3) is 7.17. The van der Waals surface area contributed by atoms with Crippen molar-refractivity contribution in [3.8, 4) is 0 Å². The predicted octanol–water partition coefficient (Wildman–Crippen LogP) is 5.58. The van der Waals surface area contributed by atoms with Gasteiger partial charge in [0.25, 0.3) is 5.69 Å². The van der Waals surface area contributed by atoms with Gasteiger partial charge in [-0.3, -0.25) is 15.0 Å². The molecular formula is C34H35N3O6Y. The zero-order valence-corrected chi connectivity index (χ0v) is 27.9. The molecular weight excluding hydrogens is 635 g/mol. The van der Waals surface area contributed by atoms with E-state index in [0.29, 0.717) is 24.2 Å². The molecule has 1 unspecified atom stereocenters. The van der Waals surface area contributed by atoms with Gasteiger partial charge in [-0.05, 0) is 37.5 Å². The number of hydrogen-bond donors (Lipinski definition) is 1. The summed E-state index contributed by atoms with van der Waals surface area (Å²) in [5, 5.41) is 11.6. The van der Waals surface area contributed by atoms with Crippen molar-refractivity contribution < 1.29 is 56.7 Å². The Hall–Kier alpha value is -3.66. The van der Waals surface area contributed by atoms with Crippen molar-refractivity contribution in [3.05, 3.63) is 134 Å². The summed E-state index contributed by atoms with van der Waals surface area (Å²) >= 11 is 0. The monoisotopic (exact) mass is 670 g/mol. The van der Waals surface area contributed by atoms with Gasteiger partial charge in [-0.15, -0.1) is 0 Å². The second-order valence-electron chi connectivity index (χ2n) is 11.3. The van der Waals surface area contributed by atoms with Crippen LogP contribution in [-0.2, 0) is 51.8 Å². The van der Waals surface area contributed by atoms with E-state index < -0.39 is 35.0 Å². The molecule has 225 valence electrons. The number of non-ortho nitro benzene ring substituents is 1. The minimum Gasteiger partial charge on any atom is -0.460 e. The third-order valence-electron chi connectivity index (χ3n) is 7.78. The van der Waals surface area contributed by atoms with Crippen molar-refractivity contribution in [3.63, 3.8) is 0 Å². The van der Waals surface area contributed by atoms with E-state index >= 15 is 0 Å². The molecule has 1 fully saturated rings. The number of nitrogens with zero attached hydrogens (tertiary/aromatic N) is 2. The van der Waals surface area contributed by atoms with Gasteiger partial charge in [-0.2, -0.15) is 0 Å². The van der Waals surface area contributed by atoms with E-state index in [0.717, 1.165) is 11.1 Å². The number of nitrogens with two attached hydrogens (primary N) is 1. The number of benzene rings is 3. The van der Waals surface area contributed by atoms with E-state index in [1.54, 1.807) is 26.8 Å². The summed E-state index contributed by atoms with van der Waals surface area (Å²) in [6, 6.07) is 26.2. The molecule has 10 heteroatoms. The number of nitro groups is 1. The normalized spacial score (nSPS) is 17.2. The number of ether oxygens (including phenoxy) is 2. The van der Waals surface area contributed by atoms with Crippen LogP contribution in [0.2, 0.25) is 0 Å². The van der Waals surface area contributed by atoms with Crippen LogP contribution in [0.1, 0.15) is 55.8 Å². The molecule has 1 aliphatic carbocycles. The van der Waals surface area contributed by atoms with Crippen LogP contribution in [0.25, 0.3) is 0 Å². The predicted molar refractivity (Wildman–Crippen MR) is 162 cm³/mol. The van der Waals surface area contributed by atoms with E-state index in [9.17, 15) is 19.7 Å². The van der Waals surface area contributed by atoms with Crippen molar-refractivity contribution in [2.45, 2.75) is 51.4 Å². The number of carbonyl (C=O) groups is 2. The maximum atomic E-state index is 13.8. The Balaban J connectivity index is 0.00000442. The first-order valence-corrected chi connectivity index (χ1v) is 14.3. The van der Waals surface area contributed by atoms with Crippen LogP contribution in [0.5, 0.6) is 0 Å². The van der Waals surface area contributed by atoms with Gasteiger partial charge in [-0.25, -0.2) is 9.59 Å². The average molecular weight is 671 g/mol. The zero-order valence-electron chi connectivity index (χ0n) is 25.0. The van der Waals surface area contributed by atoms with Gasteiger partial charge in [0, 0.05) is 75.6 Å². The summed E-state index contributed by atoms with van der Waals surface area (Å²) in [6.45, 7) is 6.24. The molecule has 0 spiro atoms. The SMILES string of the molecule is CC1=C(C(=O)OC(C)C)C(c2cccc([N+](=O)[O-])c2)C(C(=O)OC2CN(C(c3ccccc3)c3ccccc3)C2)=C(N)C1.[Y]. The first kappa shape index (κ1) is 33.2. The molecule has 3 aromatic carbocycles. The Morgan fingerprint density at radius 3 is 2.05 bits per heavy atom. The third-order valence-corrected chi connectivity index (χ3v) is 7.78. The largest absolute Gasteiger partial charge is 0.460 e. The second kappa shape index (κ2) is 14.4. The fourth-order valence-corrected chi connectivity index (χ4v) is 5.88. The molecule has 0 amide bonds. The quantitative estimate of drug-likeness (QED) is 0.178. The van der Waals surface area contributed by atoms with E-state index in [4.69, 9.17) is 15.2 Å². The van der Waals surface area contributed by atoms with Crippen LogP contribution in [0, 0.1) is 10.1 Å². The van der Waals surface area contributed by atoms with Crippen LogP contribution in [0.4, 0.5) is 5.69 Å². The molecule has 1 saturated heterocycles. The number of allylic oxidation sites excluding steroid dienone is 1. The second-order valence-corrected chi connectivity index (χ2v) is 11.3. The Morgan fingerprint density at radius 1 is 0.909 bits per heavy atom. The number of hydrogen-bond acceptors (Lipinski definition) is 8. The fraction of sp³-hybridized carbons (Fsp3) is 0.294. The molecule has 1 atom stereocenters. The topological polar surface area (TPSA) is 125 Å². The summed E-state index contributed by atoms with van der Waals surface area (Å²) in [6.07, 6.45) is -0.619. The summed E-state index contributed by atoms with van der Waals surface area (Å²) < 4.78 is 11.5. The van der Waals surface area contributed by atoms with Crippen molar-refractivity contribution in [1.82, 2.24) is 4.90 Å². The molecule has 2 N–H and O–H groups in total. The van der Waals surface area contributed by atoms with Crippen LogP contribution in [-0.4, -0.2) is 47.1 Å². The molecule has 0 bridgehead atoms. The minimum atomic E-state index is -0.968. The molecule has 3 aromatic rings. The Bertz CT molecular complexity index is 1540. The molecule has 2 aliphatic rings. The first-order valence-electron chi connectivity index (χ1n) is 14.3. The van der Waals surface area contributed by atoms with Gasteiger partial charge in [0.15, 0.2) is 0 Å². The fourth-order valence-electron chi connectivity index (χ4n) is 5.88. The first-order chi connectivity index (χ1) is 20.6. The van der Waals surface area contributed by atoms with E-state index in [2.05, 4.69) is 29.2 Å². The minimum absolute atomic E-state index is 0. The summed E-state index contributed by atoms with van der Waals surface area (Å²) in [4.78, 5) is 40.5. The van der Waals surface area contributed by atoms with E-state index in [1.165, 1.54) is 18.2 Å². The number of carbonyl (C=O) groups excluding carboxylic acids is 2. The van der Waals surface area contributed by atoms with Gasteiger partial charge in [0.1, 0.15) is 6.10 Å². The number of rotatable bonds is 9. The van der Waals surface area contributed by atoms with E-state index in [-0.39, 0.29) is 67.7 Å². The maximum Gasteiger partial charge on any atom is 0.337 e. The van der Waals surface area contributed by atoms with Gasteiger partial charge in [0.05, 0.1) is 28.6 Å². The Kier molecular flexibility index (Phi) is 10.9. The van der Waals surface area contributed by atoms with Crippen LogP contribution in [0.15, 0.2) is 107 Å². The van der Waals surface area contributed by atoms with Gasteiger partial charge < -0.3 is 15.2 Å². The van der Waals surface area contributed by atoms with Crippen LogP contribution < -0.4 is 5.73 Å². The zero-order chi connectivity index (χ0) is 30.7. The average Bonchev–Trinajstić information content (AvgIpc) is 2.96. The standard InChI is InChI=1S/C34H35N3O6.Y/c1-21(2)42-33(38)29-22(3)17-28(35)31(30(29)25-15-10-16-26(18-25)37(40)41)34(39)43-27-19-36(20-27)32(23-11-6-4-7-12-23)24-13-8-5-9-14-24;/h4-16,18,21,27,30,32H,17,19-20,35H2,1-3H3;. The Morgan fingerprint density at radius 2 is 1.50 bits per heavy atom. The van der Waals surface area contributed by atoms with Crippen LogP contribution >= 0.6 is 0 Å². The maximum absolute atomic E-state index is 13.8. The summed E-state index contributed by atoms with van der Waals surface area (Å²) in [5.74, 6) is -2.20. The Labute approximate surface area is 282 Å². The molecule has 9 nitrogen and oxygen atoms in total. The van der Waals surface area contributed by atoms with Crippen molar-refractivity contribution in [1.29, 1.82) is 0 Å². The summed E-state index contributed by atoms with van der Waals surface area (Å²) in [5.41, 5.74) is 10.2. The van der Waals surface area contributed by atoms with Crippen molar-refractivity contribution >= 4 is 17.6 Å². The summed E-state index contributed by atoms with van der Waals surface area (Å²) in [7, 11) is 0. The number of esters is 2. The van der Waals surface area contributed by atoms with Crippen molar-refractivity contribution in [2.24, 2.45) is 5.73 Å². The number of likely N-dealkylation sites (tertiary alicyclic amines) is 1. The van der Waals surface area contributed by atoms with Gasteiger partial charge in [0.2, 0.25) is 0 Å². The molecule has 1 aliphatic heterocycles. The molecule has 0 saturated carbocycles. The van der Waals surface area contributed by atoms with Crippen molar-refractivity contribution in [2.75, 3.05) is 13.1 Å². The van der Waals surface area contributed by atoms with Gasteiger partial charge >= 0.3 is 11.9 Å². The molecule has 44 heavy (non-hydrogen) atoms. The number of nitro benzene ring substituents is 1. The molecule has 0 aromatic heterocycles. The smallest absolute Gasteiger partial charge is 0.337 e. The molecule has 1 heterocycles.